The maximum absolute atomic E-state index is 14.6. The van der Waals surface area contributed by atoms with Crippen molar-refractivity contribution in [3.05, 3.63) is 70.2 Å². The number of amides is 1. The molecule has 1 atom stereocenters. The maximum Gasteiger partial charge on any atom is 0.239 e. The van der Waals surface area contributed by atoms with Crippen molar-refractivity contribution in [1.82, 2.24) is 5.16 Å². The van der Waals surface area contributed by atoms with Crippen molar-refractivity contribution in [2.75, 3.05) is 5.32 Å². The number of nitrogens with zero attached hydrogens (tertiary/aromatic N) is 1. The minimum Gasteiger partial charge on any atom is -0.356 e. The molecule has 1 aliphatic heterocycles. The van der Waals surface area contributed by atoms with Gasteiger partial charge in [-0.1, -0.05) is 35.0 Å². The number of aryl methyl sites for hydroxylation is 2. The van der Waals surface area contributed by atoms with Crippen LogP contribution in [0.5, 0.6) is 0 Å². The molecule has 0 spiro atoms. The smallest absolute Gasteiger partial charge is 0.239 e. The second-order valence-corrected chi connectivity index (χ2v) is 6.86. The number of nitrogens with one attached hydrogen (secondary N) is 1. The van der Waals surface area contributed by atoms with Gasteiger partial charge in [0.05, 0.1) is 11.3 Å². The molecule has 2 aromatic carbocycles. The number of hydrogen-bond donors (Lipinski definition) is 1. The van der Waals surface area contributed by atoms with Crippen molar-refractivity contribution in [3.63, 3.8) is 0 Å². The molecule has 0 saturated heterocycles. The van der Waals surface area contributed by atoms with Crippen molar-refractivity contribution in [2.45, 2.75) is 25.7 Å². The van der Waals surface area contributed by atoms with Gasteiger partial charge >= 0.3 is 0 Å². The van der Waals surface area contributed by atoms with Crippen LogP contribution in [0.25, 0.3) is 11.3 Å². The summed E-state index contributed by atoms with van der Waals surface area (Å²) in [5.74, 6) is -0.138. The Morgan fingerprint density at radius 3 is 2.72 bits per heavy atom. The van der Waals surface area contributed by atoms with Crippen molar-refractivity contribution in [2.24, 2.45) is 0 Å². The van der Waals surface area contributed by atoms with Gasteiger partial charge in [0.2, 0.25) is 5.91 Å². The van der Waals surface area contributed by atoms with Crippen LogP contribution in [-0.4, -0.2) is 11.1 Å². The Kier molecular flexibility index (Phi) is 2.63. The van der Waals surface area contributed by atoms with Crippen LogP contribution in [0.1, 0.15) is 27.9 Å². The second kappa shape index (κ2) is 4.57. The maximum atomic E-state index is 14.6. The number of carbonyl (C=O) groups excluding carboxylic acids is 1. The first kappa shape index (κ1) is 14.4. The van der Waals surface area contributed by atoms with Crippen LogP contribution in [0, 0.1) is 19.7 Å². The molecule has 25 heavy (non-hydrogen) atoms. The predicted molar refractivity (Wildman–Crippen MR) is 90.9 cm³/mol. The second-order valence-electron chi connectivity index (χ2n) is 6.86. The largest absolute Gasteiger partial charge is 0.356 e. The summed E-state index contributed by atoms with van der Waals surface area (Å²) in [6, 6.07) is 11.0. The van der Waals surface area contributed by atoms with Gasteiger partial charge in [-0.3, -0.25) is 4.79 Å². The minimum absolute atomic E-state index is 0.142. The fraction of sp³-hybridized carbons (Fsp3) is 0.200. The van der Waals surface area contributed by atoms with Gasteiger partial charge in [-0.25, -0.2) is 4.39 Å². The van der Waals surface area contributed by atoms with E-state index in [0.29, 0.717) is 29.1 Å². The Morgan fingerprint density at radius 2 is 1.96 bits per heavy atom. The van der Waals surface area contributed by atoms with Crippen molar-refractivity contribution < 1.29 is 13.7 Å². The van der Waals surface area contributed by atoms with Gasteiger partial charge in [0.15, 0.2) is 5.76 Å². The summed E-state index contributed by atoms with van der Waals surface area (Å²) in [7, 11) is 0. The molecule has 124 valence electrons. The number of aromatic nitrogens is 1. The lowest BCUT2D eigenvalue weighted by Crippen LogP contribution is -2.37. The molecule has 1 amide bonds. The van der Waals surface area contributed by atoms with E-state index in [4.69, 9.17) is 4.52 Å². The van der Waals surface area contributed by atoms with E-state index in [2.05, 4.69) is 10.5 Å². The SMILES string of the molecule is Cc1ccc(C23Cc4c(C)noc4-c4cc2c(cc4F)NC3=O)cc1. The third-order valence-electron chi connectivity index (χ3n) is 5.42. The van der Waals surface area contributed by atoms with Crippen LogP contribution in [-0.2, 0) is 16.6 Å². The molecule has 1 unspecified atom stereocenters. The number of halogens is 1. The number of benzene rings is 2. The van der Waals surface area contributed by atoms with E-state index >= 15 is 0 Å². The normalized spacial score (nSPS) is 20.2. The molecule has 0 saturated carbocycles. The van der Waals surface area contributed by atoms with Gasteiger partial charge < -0.3 is 9.84 Å². The summed E-state index contributed by atoms with van der Waals surface area (Å²) in [6.07, 6.45) is 0.395. The van der Waals surface area contributed by atoms with Crippen LogP contribution in [0.2, 0.25) is 0 Å². The molecule has 0 radical (unpaired) electrons. The summed E-state index contributed by atoms with van der Waals surface area (Å²) in [5, 5.41) is 6.88. The van der Waals surface area contributed by atoms with Gasteiger partial charge in [0.1, 0.15) is 11.2 Å². The van der Waals surface area contributed by atoms with Crippen molar-refractivity contribution in [3.8, 4) is 11.3 Å². The molecule has 1 aromatic heterocycles. The first-order chi connectivity index (χ1) is 12.0. The highest BCUT2D eigenvalue weighted by Gasteiger charge is 2.51. The van der Waals surface area contributed by atoms with Gasteiger partial charge in [-0.15, -0.1) is 0 Å². The fourth-order valence-corrected chi connectivity index (χ4v) is 4.03. The number of carbonyl (C=O) groups is 1. The fourth-order valence-electron chi connectivity index (χ4n) is 4.03. The number of anilines is 1. The first-order valence-electron chi connectivity index (χ1n) is 8.19. The highest BCUT2D eigenvalue weighted by atomic mass is 19.1. The Morgan fingerprint density at radius 1 is 1.20 bits per heavy atom. The Hall–Kier alpha value is -2.95. The van der Waals surface area contributed by atoms with Crippen molar-refractivity contribution >= 4 is 11.6 Å². The van der Waals surface area contributed by atoms with Crippen LogP contribution in [0.4, 0.5) is 10.1 Å². The van der Waals surface area contributed by atoms with E-state index in [1.165, 1.54) is 6.07 Å². The zero-order chi connectivity index (χ0) is 17.3. The van der Waals surface area contributed by atoms with Crippen LogP contribution >= 0.6 is 0 Å². The highest BCUT2D eigenvalue weighted by Crippen LogP contribution is 2.51. The molecule has 5 heteroatoms. The van der Waals surface area contributed by atoms with Crippen molar-refractivity contribution in [1.29, 1.82) is 0 Å². The monoisotopic (exact) mass is 334 g/mol. The minimum atomic E-state index is -0.896. The van der Waals surface area contributed by atoms with E-state index in [0.717, 1.165) is 22.3 Å². The van der Waals surface area contributed by atoms with E-state index in [1.807, 2.05) is 38.1 Å². The molecule has 4 nitrogen and oxygen atoms in total. The lowest BCUT2D eigenvalue weighted by molar-refractivity contribution is -0.119. The summed E-state index contributed by atoms with van der Waals surface area (Å²) < 4.78 is 20.0. The number of hydrogen-bond acceptors (Lipinski definition) is 3. The summed E-state index contributed by atoms with van der Waals surface area (Å²) in [4.78, 5) is 13.1. The molecular formula is C20H15FN2O2. The zero-order valence-electron chi connectivity index (χ0n) is 13.8. The summed E-state index contributed by atoms with van der Waals surface area (Å²) in [5.41, 5.74) is 4.26. The molecule has 3 aromatic rings. The third-order valence-corrected chi connectivity index (χ3v) is 5.42. The predicted octanol–water partition coefficient (Wildman–Crippen LogP) is 3.89. The lowest BCUT2D eigenvalue weighted by atomic mass is 9.72. The summed E-state index contributed by atoms with van der Waals surface area (Å²) in [6.45, 7) is 3.83. The van der Waals surface area contributed by atoms with Gasteiger partial charge in [-0.05, 0) is 37.1 Å². The van der Waals surface area contributed by atoms with Gasteiger partial charge in [0.25, 0.3) is 0 Å². The molecule has 1 N–H and O–H groups in total. The van der Waals surface area contributed by atoms with Gasteiger partial charge in [-0.2, -0.15) is 0 Å². The van der Waals surface area contributed by atoms with Gasteiger partial charge in [0, 0.05) is 17.7 Å². The van der Waals surface area contributed by atoms with Crippen LogP contribution < -0.4 is 5.32 Å². The van der Waals surface area contributed by atoms with E-state index in [1.54, 1.807) is 6.07 Å². The molecule has 2 bridgehead atoms. The topological polar surface area (TPSA) is 55.1 Å². The molecule has 2 heterocycles. The van der Waals surface area contributed by atoms with E-state index in [-0.39, 0.29) is 5.91 Å². The lowest BCUT2D eigenvalue weighted by Gasteiger charge is -2.27. The molecule has 5 rings (SSSR count). The quantitative estimate of drug-likeness (QED) is 0.734. The Balaban J connectivity index is 1.89. The molecule has 0 fully saturated rings. The Labute approximate surface area is 143 Å². The average molecular weight is 334 g/mol. The number of rotatable bonds is 1. The first-order valence-corrected chi connectivity index (χ1v) is 8.19. The Bertz CT molecular complexity index is 1050. The number of fused-ring (bicyclic) bond motifs is 3. The molecule has 2 aliphatic rings. The van der Waals surface area contributed by atoms with E-state index in [9.17, 15) is 9.18 Å². The van der Waals surface area contributed by atoms with Crippen LogP contribution in [0.3, 0.4) is 0 Å². The standard InChI is InChI=1S/C20H15FN2O2/c1-10-3-5-12(6-4-10)20-9-14-11(2)23-25-18(14)13-7-15(20)17(8-16(13)21)22-19(20)24/h3-8H,9H2,1-2H3,(H,22,24). The molecular weight excluding hydrogens is 319 g/mol. The average Bonchev–Trinajstić information content (AvgIpc) is 3.02. The molecule has 1 aliphatic carbocycles. The van der Waals surface area contributed by atoms with Crippen LogP contribution in [0.15, 0.2) is 40.9 Å². The third kappa shape index (κ3) is 1.70. The van der Waals surface area contributed by atoms with E-state index < -0.39 is 11.2 Å². The highest BCUT2D eigenvalue weighted by molar-refractivity contribution is 6.10. The summed E-state index contributed by atoms with van der Waals surface area (Å²) >= 11 is 0. The zero-order valence-corrected chi connectivity index (χ0v) is 13.8.